The van der Waals surface area contributed by atoms with Gasteiger partial charge in [0.05, 0.1) is 22.4 Å². The van der Waals surface area contributed by atoms with Crippen LogP contribution in [0, 0.1) is 10.1 Å². The number of rotatable bonds is 8. The van der Waals surface area contributed by atoms with Crippen LogP contribution in [0.25, 0.3) is 10.9 Å². The van der Waals surface area contributed by atoms with Crippen molar-refractivity contribution in [1.82, 2.24) is 4.57 Å². The predicted octanol–water partition coefficient (Wildman–Crippen LogP) is 5.90. The fraction of sp³-hybridized carbons (Fsp3) is 0.0690. The van der Waals surface area contributed by atoms with E-state index in [-0.39, 0.29) is 23.4 Å². The van der Waals surface area contributed by atoms with E-state index in [9.17, 15) is 24.5 Å². The third-order valence-electron chi connectivity index (χ3n) is 6.24. The highest BCUT2D eigenvalue weighted by Crippen LogP contribution is 2.25. The smallest absolute Gasteiger partial charge is 0.269 e. The van der Waals surface area contributed by atoms with Crippen LogP contribution in [-0.2, 0) is 13.0 Å². The maximum atomic E-state index is 13.6. The summed E-state index contributed by atoms with van der Waals surface area (Å²) in [6.45, 7) is 0.213. The minimum Gasteiger partial charge on any atom is -0.469 e. The summed E-state index contributed by atoms with van der Waals surface area (Å²) in [4.78, 5) is 50.3. The molecule has 2 heterocycles. The van der Waals surface area contributed by atoms with Gasteiger partial charge in [0, 0.05) is 46.8 Å². The number of pyridine rings is 1. The lowest BCUT2D eigenvalue weighted by Gasteiger charge is -2.16. The second-order valence-electron chi connectivity index (χ2n) is 8.80. The molecule has 5 aromatic rings. The highest BCUT2D eigenvalue weighted by atomic mass is 35.5. The number of hydrogen-bond donors (Lipinski definition) is 2. The number of amides is 2. The summed E-state index contributed by atoms with van der Waals surface area (Å²) in [5, 5.41) is 17.4. The molecule has 0 bridgehead atoms. The van der Waals surface area contributed by atoms with E-state index in [0.29, 0.717) is 39.5 Å². The van der Waals surface area contributed by atoms with Gasteiger partial charge >= 0.3 is 0 Å². The van der Waals surface area contributed by atoms with Crippen LogP contribution in [0.4, 0.5) is 17.1 Å². The van der Waals surface area contributed by atoms with Gasteiger partial charge in [0.25, 0.3) is 23.1 Å². The summed E-state index contributed by atoms with van der Waals surface area (Å²) >= 11 is 5.94. The Morgan fingerprint density at radius 3 is 2.35 bits per heavy atom. The number of halogens is 1. The first-order valence-electron chi connectivity index (χ1n) is 12.1. The maximum Gasteiger partial charge on any atom is 0.269 e. The third kappa shape index (κ3) is 5.62. The van der Waals surface area contributed by atoms with Gasteiger partial charge in [-0.05, 0) is 66.7 Å². The SMILES string of the molecule is O=C(Nc1cccc2c1cc(C(=O)Nc1ccc(Cl)cc1)c(=O)n2CCc1ccco1)c1ccc([N+](=O)[O-])cc1. The monoisotopic (exact) mass is 556 g/mol. The minimum atomic E-state index is -0.627. The number of aromatic nitrogens is 1. The molecule has 0 atom stereocenters. The molecule has 0 saturated carbocycles. The largest absolute Gasteiger partial charge is 0.469 e. The van der Waals surface area contributed by atoms with E-state index in [1.807, 2.05) is 0 Å². The molecule has 0 radical (unpaired) electrons. The van der Waals surface area contributed by atoms with Crippen molar-refractivity contribution in [1.29, 1.82) is 0 Å². The van der Waals surface area contributed by atoms with Gasteiger partial charge in [-0.1, -0.05) is 17.7 Å². The maximum absolute atomic E-state index is 13.6. The Morgan fingerprint density at radius 1 is 0.925 bits per heavy atom. The van der Waals surface area contributed by atoms with Crippen molar-refractivity contribution >= 4 is 51.4 Å². The van der Waals surface area contributed by atoms with Crippen LogP contribution in [-0.4, -0.2) is 21.3 Å². The number of carbonyl (C=O) groups is 2. The van der Waals surface area contributed by atoms with Crippen LogP contribution < -0.4 is 16.2 Å². The lowest BCUT2D eigenvalue weighted by atomic mass is 10.1. The molecule has 0 aliphatic carbocycles. The summed E-state index contributed by atoms with van der Waals surface area (Å²) in [7, 11) is 0. The number of benzene rings is 3. The molecule has 40 heavy (non-hydrogen) atoms. The van der Waals surface area contributed by atoms with E-state index < -0.39 is 22.3 Å². The Balaban J connectivity index is 1.55. The van der Waals surface area contributed by atoms with Crippen molar-refractivity contribution < 1.29 is 18.9 Å². The number of nitrogens with zero attached hydrogens (tertiary/aromatic N) is 2. The van der Waals surface area contributed by atoms with Gasteiger partial charge in [0.1, 0.15) is 11.3 Å². The first-order valence-corrected chi connectivity index (χ1v) is 12.5. The van der Waals surface area contributed by atoms with Crippen LogP contribution >= 0.6 is 11.6 Å². The highest BCUT2D eigenvalue weighted by Gasteiger charge is 2.19. The topological polar surface area (TPSA) is 136 Å². The Hall–Kier alpha value is -5.22. The standard InChI is InChI=1S/C29H21ClN4O6/c30-19-8-10-20(11-9-19)31-28(36)24-17-23-25(32-27(35)18-6-12-21(13-7-18)34(38)39)4-1-5-26(23)33(29(24)37)15-14-22-3-2-16-40-22/h1-13,16-17H,14-15H2,(H,31,36)(H,32,35). The van der Waals surface area contributed by atoms with E-state index in [2.05, 4.69) is 10.6 Å². The molecule has 11 heteroatoms. The van der Waals surface area contributed by atoms with Crippen molar-refractivity contribution in [2.75, 3.05) is 10.6 Å². The number of aryl methyl sites for hydroxylation is 2. The lowest BCUT2D eigenvalue weighted by Crippen LogP contribution is -2.30. The predicted molar refractivity (Wildman–Crippen MR) is 151 cm³/mol. The molecule has 200 valence electrons. The van der Waals surface area contributed by atoms with Crippen molar-refractivity contribution in [3.8, 4) is 0 Å². The molecule has 5 rings (SSSR count). The second-order valence-corrected chi connectivity index (χ2v) is 9.24. The molecule has 0 spiro atoms. The number of carbonyl (C=O) groups excluding carboxylic acids is 2. The number of non-ortho nitro benzene ring substituents is 1. The third-order valence-corrected chi connectivity index (χ3v) is 6.49. The molecule has 10 nitrogen and oxygen atoms in total. The van der Waals surface area contributed by atoms with Crippen LogP contribution in [0.3, 0.4) is 0 Å². The van der Waals surface area contributed by atoms with E-state index in [0.717, 1.165) is 0 Å². The van der Waals surface area contributed by atoms with E-state index in [1.165, 1.54) is 41.2 Å². The Labute approximate surface area is 232 Å². The molecule has 2 amide bonds. The average molecular weight is 557 g/mol. The van der Waals surface area contributed by atoms with Crippen molar-refractivity contribution in [2.24, 2.45) is 0 Å². The first-order chi connectivity index (χ1) is 19.3. The van der Waals surface area contributed by atoms with Gasteiger partial charge < -0.3 is 19.6 Å². The number of nitrogens with one attached hydrogen (secondary N) is 2. The Kier molecular flexibility index (Phi) is 7.43. The van der Waals surface area contributed by atoms with Crippen molar-refractivity contribution in [3.63, 3.8) is 0 Å². The van der Waals surface area contributed by atoms with Crippen LogP contribution in [0.2, 0.25) is 5.02 Å². The number of hydrogen-bond acceptors (Lipinski definition) is 6. The molecule has 2 aromatic heterocycles. The number of nitro groups is 1. The molecule has 0 saturated heterocycles. The number of anilines is 2. The molecule has 3 aromatic carbocycles. The van der Waals surface area contributed by atoms with Gasteiger partial charge in [-0.3, -0.25) is 24.5 Å². The highest BCUT2D eigenvalue weighted by molar-refractivity contribution is 6.30. The van der Waals surface area contributed by atoms with Gasteiger partial charge in [-0.25, -0.2) is 0 Å². The van der Waals surface area contributed by atoms with Crippen LogP contribution in [0.15, 0.2) is 100 Å². The summed E-state index contributed by atoms with van der Waals surface area (Å²) < 4.78 is 6.89. The molecule has 0 aliphatic heterocycles. The quantitative estimate of drug-likeness (QED) is 0.180. The fourth-order valence-corrected chi connectivity index (χ4v) is 4.36. The van der Waals surface area contributed by atoms with Crippen LogP contribution in [0.1, 0.15) is 26.5 Å². The number of nitro benzene ring substituents is 1. The average Bonchev–Trinajstić information content (AvgIpc) is 3.47. The van der Waals surface area contributed by atoms with Gasteiger partial charge in [-0.2, -0.15) is 0 Å². The van der Waals surface area contributed by atoms with Gasteiger partial charge in [-0.15, -0.1) is 0 Å². The number of furan rings is 1. The van der Waals surface area contributed by atoms with Gasteiger partial charge in [0.15, 0.2) is 0 Å². The Morgan fingerprint density at radius 2 is 1.68 bits per heavy atom. The number of fused-ring (bicyclic) bond motifs is 1. The van der Waals surface area contributed by atoms with E-state index in [1.54, 1.807) is 54.6 Å². The molecule has 0 unspecified atom stereocenters. The summed E-state index contributed by atoms with van der Waals surface area (Å²) in [6.07, 6.45) is 1.93. The second kappa shape index (κ2) is 11.3. The van der Waals surface area contributed by atoms with Crippen molar-refractivity contribution in [2.45, 2.75) is 13.0 Å². The molecule has 0 fully saturated rings. The minimum absolute atomic E-state index is 0.126. The van der Waals surface area contributed by atoms with Gasteiger partial charge in [0.2, 0.25) is 0 Å². The van der Waals surface area contributed by atoms with E-state index >= 15 is 0 Å². The zero-order chi connectivity index (χ0) is 28.2. The molecular formula is C29H21ClN4O6. The normalized spacial score (nSPS) is 10.8. The van der Waals surface area contributed by atoms with E-state index in [4.69, 9.17) is 16.0 Å². The summed E-state index contributed by atoms with van der Waals surface area (Å²) in [5.74, 6) is -0.473. The molecule has 2 N–H and O–H groups in total. The first kappa shape index (κ1) is 26.4. The zero-order valence-electron chi connectivity index (χ0n) is 20.8. The van der Waals surface area contributed by atoms with Crippen molar-refractivity contribution in [3.05, 3.63) is 134 Å². The summed E-state index contributed by atoms with van der Waals surface area (Å²) in [5.41, 5.74) is 0.737. The van der Waals surface area contributed by atoms with Crippen LogP contribution in [0.5, 0.6) is 0 Å². The zero-order valence-corrected chi connectivity index (χ0v) is 21.6. The fourth-order valence-electron chi connectivity index (χ4n) is 4.23. The summed E-state index contributed by atoms with van der Waals surface area (Å²) in [6, 6.07) is 21.7. The molecule has 0 aliphatic rings. The lowest BCUT2D eigenvalue weighted by molar-refractivity contribution is -0.384. The molecular weight excluding hydrogens is 536 g/mol. The Bertz CT molecular complexity index is 1780.